The highest BCUT2D eigenvalue weighted by Crippen LogP contribution is 2.49. The van der Waals surface area contributed by atoms with E-state index in [0.717, 1.165) is 60.3 Å². The number of carbonyl (C=O) groups is 1. The van der Waals surface area contributed by atoms with Gasteiger partial charge in [-0.15, -0.1) is 0 Å². The van der Waals surface area contributed by atoms with Gasteiger partial charge < -0.3 is 15.3 Å². The summed E-state index contributed by atoms with van der Waals surface area (Å²) in [6.07, 6.45) is 6.89. The zero-order valence-electron chi connectivity index (χ0n) is 20.7. The molecule has 4 aromatic heterocycles. The summed E-state index contributed by atoms with van der Waals surface area (Å²) >= 11 is 0. The Morgan fingerprint density at radius 1 is 1.08 bits per heavy atom. The largest absolute Gasteiger partial charge is 0.393 e. The van der Waals surface area contributed by atoms with Crippen molar-refractivity contribution in [2.24, 2.45) is 5.41 Å². The normalized spacial score (nSPS) is 16.7. The predicted molar refractivity (Wildman–Crippen MR) is 141 cm³/mol. The van der Waals surface area contributed by atoms with Gasteiger partial charge in [0.1, 0.15) is 5.82 Å². The Labute approximate surface area is 219 Å². The Morgan fingerprint density at radius 3 is 2.63 bits per heavy atom. The molecule has 1 saturated carbocycles. The van der Waals surface area contributed by atoms with E-state index >= 15 is 0 Å². The van der Waals surface area contributed by atoms with E-state index in [-0.39, 0.29) is 28.5 Å². The Kier molecular flexibility index (Phi) is 5.84. The standard InChI is InChI=1S/C27H26N6O4S/c1-38(36,37)21-7-18(11-28-14-21)26(35)30-13-19-8-24-17(12-29-19)5-6-23(31-24)22-3-2-4-25(32-22)33-15-27(16-33)9-20(34)10-27/h2-8,11-12,14,20,34H,9-10,13,15-16H2,1H3,(H,30,35). The Morgan fingerprint density at radius 2 is 1.87 bits per heavy atom. The number of rotatable bonds is 6. The molecule has 38 heavy (non-hydrogen) atoms. The zero-order chi connectivity index (χ0) is 26.5. The van der Waals surface area contributed by atoms with Crippen LogP contribution in [0.3, 0.4) is 0 Å². The van der Waals surface area contributed by atoms with Crippen molar-refractivity contribution in [2.45, 2.75) is 30.4 Å². The van der Waals surface area contributed by atoms with Crippen LogP contribution in [0, 0.1) is 5.41 Å². The number of aliphatic hydroxyl groups excluding tert-OH is 1. The molecule has 1 spiro atoms. The third kappa shape index (κ3) is 4.70. The fraction of sp³-hybridized carbons (Fsp3) is 0.296. The van der Waals surface area contributed by atoms with Crippen LogP contribution in [0.4, 0.5) is 5.82 Å². The molecule has 0 unspecified atom stereocenters. The van der Waals surface area contributed by atoms with Crippen LogP contribution in [0.5, 0.6) is 0 Å². The van der Waals surface area contributed by atoms with Gasteiger partial charge in [0, 0.05) is 48.7 Å². The van der Waals surface area contributed by atoms with Crippen molar-refractivity contribution in [3.8, 4) is 11.4 Å². The topological polar surface area (TPSA) is 138 Å². The van der Waals surface area contributed by atoms with E-state index in [0.29, 0.717) is 5.69 Å². The van der Waals surface area contributed by atoms with Crippen LogP contribution in [0.25, 0.3) is 22.3 Å². The van der Waals surface area contributed by atoms with Crippen LogP contribution >= 0.6 is 0 Å². The summed E-state index contributed by atoms with van der Waals surface area (Å²) in [5.41, 5.74) is 3.24. The van der Waals surface area contributed by atoms with Crippen LogP contribution in [0.15, 0.2) is 66.0 Å². The van der Waals surface area contributed by atoms with Crippen LogP contribution in [-0.2, 0) is 16.4 Å². The highest BCUT2D eigenvalue weighted by atomic mass is 32.2. The number of sulfone groups is 1. The lowest BCUT2D eigenvalue weighted by molar-refractivity contribution is -0.0494. The first-order valence-corrected chi connectivity index (χ1v) is 14.2. The molecule has 0 atom stereocenters. The fourth-order valence-corrected chi connectivity index (χ4v) is 5.77. The van der Waals surface area contributed by atoms with Gasteiger partial charge in [-0.3, -0.25) is 14.8 Å². The van der Waals surface area contributed by atoms with E-state index < -0.39 is 15.7 Å². The summed E-state index contributed by atoms with van der Waals surface area (Å²) in [7, 11) is -3.47. The fourth-order valence-electron chi connectivity index (χ4n) is 5.18. The van der Waals surface area contributed by atoms with E-state index in [1.165, 1.54) is 18.5 Å². The van der Waals surface area contributed by atoms with Crippen molar-refractivity contribution in [3.63, 3.8) is 0 Å². The summed E-state index contributed by atoms with van der Waals surface area (Å²) in [6, 6.07) is 12.9. The van der Waals surface area contributed by atoms with E-state index in [9.17, 15) is 18.3 Å². The molecular formula is C27H26N6O4S. The molecule has 2 fully saturated rings. The molecule has 0 bridgehead atoms. The van der Waals surface area contributed by atoms with Crippen LogP contribution in [-0.4, -0.2) is 64.8 Å². The number of hydrogen-bond acceptors (Lipinski definition) is 9. The van der Waals surface area contributed by atoms with Crippen molar-refractivity contribution in [2.75, 3.05) is 24.2 Å². The minimum Gasteiger partial charge on any atom is -0.393 e. The van der Waals surface area contributed by atoms with Gasteiger partial charge in [-0.2, -0.15) is 0 Å². The van der Waals surface area contributed by atoms with E-state index in [2.05, 4.69) is 20.2 Å². The van der Waals surface area contributed by atoms with E-state index in [1.807, 2.05) is 36.4 Å². The van der Waals surface area contributed by atoms with Gasteiger partial charge in [0.15, 0.2) is 9.84 Å². The molecule has 11 heteroatoms. The minimum atomic E-state index is -3.47. The molecule has 2 N–H and O–H groups in total. The van der Waals surface area contributed by atoms with Crippen molar-refractivity contribution >= 4 is 32.5 Å². The lowest BCUT2D eigenvalue weighted by Crippen LogP contribution is -2.64. The number of nitrogens with one attached hydrogen (secondary N) is 1. The second-order valence-electron chi connectivity index (χ2n) is 10.2. The molecule has 0 aromatic carbocycles. The van der Waals surface area contributed by atoms with Gasteiger partial charge in [-0.1, -0.05) is 6.07 Å². The van der Waals surface area contributed by atoms with Crippen molar-refractivity contribution < 1.29 is 18.3 Å². The van der Waals surface area contributed by atoms with Gasteiger partial charge in [0.05, 0.1) is 45.7 Å². The smallest absolute Gasteiger partial charge is 0.253 e. The number of aromatic nitrogens is 4. The quantitative estimate of drug-likeness (QED) is 0.385. The Hall–Kier alpha value is -3.96. The average Bonchev–Trinajstić information content (AvgIpc) is 2.87. The Bertz CT molecular complexity index is 1660. The molecule has 194 valence electrons. The monoisotopic (exact) mass is 530 g/mol. The van der Waals surface area contributed by atoms with Crippen molar-refractivity contribution in [1.29, 1.82) is 0 Å². The highest BCUT2D eigenvalue weighted by molar-refractivity contribution is 7.90. The van der Waals surface area contributed by atoms with Gasteiger partial charge >= 0.3 is 0 Å². The third-order valence-corrected chi connectivity index (χ3v) is 8.25. The van der Waals surface area contributed by atoms with Crippen LogP contribution in [0.1, 0.15) is 28.9 Å². The lowest BCUT2D eigenvalue weighted by Gasteiger charge is -2.58. The maximum absolute atomic E-state index is 12.6. The minimum absolute atomic E-state index is 0.0150. The summed E-state index contributed by atoms with van der Waals surface area (Å²) in [4.78, 5) is 32.7. The first-order chi connectivity index (χ1) is 18.2. The van der Waals surface area contributed by atoms with Gasteiger partial charge in [-0.25, -0.2) is 18.4 Å². The molecule has 4 aromatic rings. The molecule has 1 aliphatic heterocycles. The van der Waals surface area contributed by atoms with Gasteiger partial charge in [-0.05, 0) is 49.2 Å². The molecule has 10 nitrogen and oxygen atoms in total. The molecule has 2 aliphatic rings. The number of hydrogen-bond donors (Lipinski definition) is 2. The van der Waals surface area contributed by atoms with Crippen LogP contribution in [0.2, 0.25) is 0 Å². The number of nitrogens with zero attached hydrogens (tertiary/aromatic N) is 5. The third-order valence-electron chi connectivity index (χ3n) is 7.17. The second-order valence-corrected chi connectivity index (χ2v) is 12.2. The molecule has 1 amide bonds. The summed E-state index contributed by atoms with van der Waals surface area (Å²) in [5.74, 6) is 0.459. The maximum atomic E-state index is 12.6. The average molecular weight is 531 g/mol. The van der Waals surface area contributed by atoms with Gasteiger partial charge in [0.2, 0.25) is 0 Å². The SMILES string of the molecule is CS(=O)(=O)c1cncc(C(=O)NCc2cc3nc(-c4cccc(N5CC6(CC(O)C6)C5)n4)ccc3cn2)c1. The van der Waals surface area contributed by atoms with E-state index in [4.69, 9.17) is 9.97 Å². The molecule has 5 heterocycles. The van der Waals surface area contributed by atoms with E-state index in [1.54, 1.807) is 6.20 Å². The number of amides is 1. The van der Waals surface area contributed by atoms with Crippen molar-refractivity contribution in [3.05, 3.63) is 72.3 Å². The number of anilines is 1. The van der Waals surface area contributed by atoms with Crippen molar-refractivity contribution in [1.82, 2.24) is 25.3 Å². The zero-order valence-corrected chi connectivity index (χ0v) is 21.5. The first kappa shape index (κ1) is 24.4. The molecule has 1 saturated heterocycles. The lowest BCUT2D eigenvalue weighted by atomic mass is 9.62. The molecular weight excluding hydrogens is 504 g/mol. The summed E-state index contributed by atoms with van der Waals surface area (Å²) in [6.45, 7) is 1.98. The first-order valence-electron chi connectivity index (χ1n) is 12.3. The van der Waals surface area contributed by atoms with Gasteiger partial charge in [0.25, 0.3) is 5.91 Å². The molecule has 6 rings (SSSR count). The predicted octanol–water partition coefficient (Wildman–Crippen LogP) is 2.38. The Balaban J connectivity index is 1.17. The second kappa shape index (κ2) is 9.10. The molecule has 1 aliphatic carbocycles. The summed E-state index contributed by atoms with van der Waals surface area (Å²) in [5, 5.41) is 13.3. The number of fused-ring (bicyclic) bond motifs is 1. The summed E-state index contributed by atoms with van der Waals surface area (Å²) < 4.78 is 23.5. The molecule has 0 radical (unpaired) electrons. The number of aliphatic hydroxyl groups is 1. The van der Waals surface area contributed by atoms with Crippen LogP contribution < -0.4 is 10.2 Å². The highest BCUT2D eigenvalue weighted by Gasteiger charge is 2.52. The number of pyridine rings is 4. The number of carbonyl (C=O) groups excluding carboxylic acids is 1. The maximum Gasteiger partial charge on any atom is 0.253 e.